The number of hydrogen-bond donors (Lipinski definition) is 3. The van der Waals surface area contributed by atoms with Gasteiger partial charge in [-0.15, -0.1) is 11.3 Å². The van der Waals surface area contributed by atoms with E-state index in [0.717, 1.165) is 36.7 Å². The van der Waals surface area contributed by atoms with Crippen LogP contribution in [0.3, 0.4) is 0 Å². The molecule has 27 heavy (non-hydrogen) atoms. The Morgan fingerprint density at radius 1 is 1.15 bits per heavy atom. The minimum Gasteiger partial charge on any atom is -0.379 e. The second kappa shape index (κ2) is 7.67. The molecule has 1 fully saturated rings. The third-order valence-corrected chi connectivity index (χ3v) is 6.01. The zero-order valence-corrected chi connectivity index (χ0v) is 16.3. The summed E-state index contributed by atoms with van der Waals surface area (Å²) in [7, 11) is 0. The molecule has 0 atom stereocenters. The van der Waals surface area contributed by atoms with Gasteiger partial charge in [-0.25, -0.2) is 4.79 Å². The number of hydrogen-bond acceptors (Lipinski definition) is 5. The standard InChI is InChI=1S/C19H24N4O3S/c1-19(2,23-7-9-26-10-8-23)13-5-3-12(4-6-13)15-11-14(16(20)24)17(27-15)22-18(21)25/h3-6,11H,7-10H2,1-2H3,(H2,20,24)(H3,21,22,25). The van der Waals surface area contributed by atoms with Gasteiger partial charge in [0.25, 0.3) is 5.91 Å². The average molecular weight is 388 g/mol. The van der Waals surface area contributed by atoms with Crippen molar-refractivity contribution in [3.8, 4) is 10.4 Å². The van der Waals surface area contributed by atoms with Crippen LogP contribution in [0.4, 0.5) is 9.80 Å². The monoisotopic (exact) mass is 388 g/mol. The Kier molecular flexibility index (Phi) is 5.50. The maximum atomic E-state index is 11.6. The first-order valence-electron chi connectivity index (χ1n) is 8.73. The fourth-order valence-electron chi connectivity index (χ4n) is 3.27. The average Bonchev–Trinajstić information content (AvgIpc) is 3.06. The van der Waals surface area contributed by atoms with E-state index < -0.39 is 11.9 Å². The molecular weight excluding hydrogens is 364 g/mol. The highest BCUT2D eigenvalue weighted by molar-refractivity contribution is 7.20. The van der Waals surface area contributed by atoms with E-state index in [1.54, 1.807) is 6.07 Å². The molecule has 0 radical (unpaired) electrons. The van der Waals surface area contributed by atoms with Crippen LogP contribution in [-0.2, 0) is 10.3 Å². The third-order valence-electron chi connectivity index (χ3n) is 4.91. The molecule has 3 amide bonds. The maximum absolute atomic E-state index is 11.6. The van der Waals surface area contributed by atoms with Crippen molar-refractivity contribution in [3.63, 3.8) is 0 Å². The van der Waals surface area contributed by atoms with Crippen molar-refractivity contribution in [2.45, 2.75) is 19.4 Å². The van der Waals surface area contributed by atoms with Crippen LogP contribution in [-0.4, -0.2) is 43.1 Å². The van der Waals surface area contributed by atoms with Crippen LogP contribution < -0.4 is 16.8 Å². The predicted molar refractivity (Wildman–Crippen MR) is 107 cm³/mol. The lowest BCUT2D eigenvalue weighted by Gasteiger charge is -2.41. The number of morpholine rings is 1. The highest BCUT2D eigenvalue weighted by atomic mass is 32.1. The zero-order valence-electron chi connectivity index (χ0n) is 15.5. The number of carbonyl (C=O) groups is 2. The zero-order chi connectivity index (χ0) is 19.6. The fourth-order valence-corrected chi connectivity index (χ4v) is 4.34. The first-order valence-corrected chi connectivity index (χ1v) is 9.54. The van der Waals surface area contributed by atoms with E-state index in [2.05, 4.69) is 36.2 Å². The first-order chi connectivity index (χ1) is 12.8. The smallest absolute Gasteiger partial charge is 0.317 e. The Morgan fingerprint density at radius 3 is 2.33 bits per heavy atom. The highest BCUT2D eigenvalue weighted by Crippen LogP contribution is 2.37. The highest BCUT2D eigenvalue weighted by Gasteiger charge is 2.30. The summed E-state index contributed by atoms with van der Waals surface area (Å²) >= 11 is 1.27. The Morgan fingerprint density at radius 2 is 1.78 bits per heavy atom. The summed E-state index contributed by atoms with van der Waals surface area (Å²) < 4.78 is 5.45. The first kappa shape index (κ1) is 19.3. The lowest BCUT2D eigenvalue weighted by molar-refractivity contribution is -0.0118. The number of nitrogens with zero attached hydrogens (tertiary/aromatic N) is 1. The third kappa shape index (κ3) is 4.13. The van der Waals surface area contributed by atoms with E-state index in [9.17, 15) is 9.59 Å². The Balaban J connectivity index is 1.87. The number of anilines is 1. The van der Waals surface area contributed by atoms with Crippen molar-refractivity contribution in [3.05, 3.63) is 41.5 Å². The minimum absolute atomic E-state index is 0.102. The van der Waals surface area contributed by atoms with E-state index in [-0.39, 0.29) is 11.1 Å². The largest absolute Gasteiger partial charge is 0.379 e. The van der Waals surface area contributed by atoms with Crippen molar-refractivity contribution in [2.75, 3.05) is 31.6 Å². The van der Waals surface area contributed by atoms with E-state index >= 15 is 0 Å². The normalized spacial score (nSPS) is 15.5. The van der Waals surface area contributed by atoms with Gasteiger partial charge in [0.15, 0.2) is 0 Å². The van der Waals surface area contributed by atoms with E-state index in [4.69, 9.17) is 16.2 Å². The number of rotatable bonds is 5. The van der Waals surface area contributed by atoms with Crippen LogP contribution in [0, 0.1) is 0 Å². The summed E-state index contributed by atoms with van der Waals surface area (Å²) in [5.74, 6) is -0.605. The summed E-state index contributed by atoms with van der Waals surface area (Å²) in [4.78, 5) is 26.0. The fraction of sp³-hybridized carbons (Fsp3) is 0.368. The van der Waals surface area contributed by atoms with Crippen LogP contribution in [0.15, 0.2) is 30.3 Å². The molecule has 1 aromatic heterocycles. The number of amides is 3. The number of nitrogens with two attached hydrogens (primary N) is 2. The molecule has 3 rings (SSSR count). The van der Waals surface area contributed by atoms with E-state index in [0.29, 0.717) is 5.00 Å². The number of thiophene rings is 1. The van der Waals surface area contributed by atoms with Gasteiger partial charge in [0.1, 0.15) is 5.00 Å². The predicted octanol–water partition coefficient (Wildman–Crippen LogP) is 2.57. The molecule has 0 unspecified atom stereocenters. The van der Waals surface area contributed by atoms with Crippen LogP contribution >= 0.6 is 11.3 Å². The maximum Gasteiger partial charge on any atom is 0.317 e. The summed E-state index contributed by atoms with van der Waals surface area (Å²) in [6.07, 6.45) is 0. The quantitative estimate of drug-likeness (QED) is 0.731. The van der Waals surface area contributed by atoms with Crippen molar-refractivity contribution >= 4 is 28.3 Å². The second-order valence-electron chi connectivity index (χ2n) is 6.94. The van der Waals surface area contributed by atoms with Gasteiger partial charge in [-0.3, -0.25) is 15.0 Å². The summed E-state index contributed by atoms with van der Waals surface area (Å²) in [5.41, 5.74) is 12.9. The molecule has 1 aliphatic rings. The summed E-state index contributed by atoms with van der Waals surface area (Å²) in [5, 5.41) is 2.83. The molecule has 0 aliphatic carbocycles. The molecule has 0 bridgehead atoms. The van der Waals surface area contributed by atoms with Gasteiger partial charge in [0.05, 0.1) is 18.8 Å². The van der Waals surface area contributed by atoms with Gasteiger partial charge in [0, 0.05) is 23.5 Å². The number of ether oxygens (including phenoxy) is 1. The van der Waals surface area contributed by atoms with Gasteiger partial charge in [-0.1, -0.05) is 24.3 Å². The molecule has 0 spiro atoms. The van der Waals surface area contributed by atoms with E-state index in [1.165, 1.54) is 16.9 Å². The topological polar surface area (TPSA) is 111 Å². The molecule has 2 heterocycles. The molecule has 7 nitrogen and oxygen atoms in total. The number of benzene rings is 1. The van der Waals surface area contributed by atoms with Crippen LogP contribution in [0.5, 0.6) is 0 Å². The summed E-state index contributed by atoms with van der Waals surface area (Å²) in [6.45, 7) is 7.73. The Hall–Kier alpha value is -2.42. The molecule has 1 aromatic carbocycles. The van der Waals surface area contributed by atoms with Gasteiger partial charge in [-0.2, -0.15) is 0 Å². The van der Waals surface area contributed by atoms with Crippen molar-refractivity contribution < 1.29 is 14.3 Å². The number of carbonyl (C=O) groups excluding carboxylic acids is 2. The molecule has 144 valence electrons. The second-order valence-corrected chi connectivity index (χ2v) is 7.99. The number of nitrogens with one attached hydrogen (secondary N) is 1. The lowest BCUT2D eigenvalue weighted by atomic mass is 9.91. The summed E-state index contributed by atoms with van der Waals surface area (Å²) in [6, 6.07) is 9.17. The van der Waals surface area contributed by atoms with Gasteiger partial charge in [-0.05, 0) is 31.0 Å². The van der Waals surface area contributed by atoms with Crippen LogP contribution in [0.1, 0.15) is 29.8 Å². The van der Waals surface area contributed by atoms with E-state index in [1.807, 2.05) is 12.1 Å². The number of primary amides is 2. The molecule has 8 heteroatoms. The van der Waals surface area contributed by atoms with Gasteiger partial charge < -0.3 is 16.2 Å². The molecule has 1 aliphatic heterocycles. The molecule has 1 saturated heterocycles. The molecule has 0 saturated carbocycles. The lowest BCUT2D eigenvalue weighted by Crippen LogP contribution is -2.47. The molecule has 2 aromatic rings. The van der Waals surface area contributed by atoms with Gasteiger partial charge >= 0.3 is 6.03 Å². The molecular formula is C19H24N4O3S. The number of urea groups is 1. The van der Waals surface area contributed by atoms with Crippen molar-refractivity contribution in [1.82, 2.24) is 4.90 Å². The Bertz CT molecular complexity index is 839. The Labute approximate surface area is 162 Å². The van der Waals surface area contributed by atoms with Gasteiger partial charge in [0.2, 0.25) is 0 Å². The van der Waals surface area contributed by atoms with Crippen LogP contribution in [0.25, 0.3) is 10.4 Å². The van der Waals surface area contributed by atoms with Crippen molar-refractivity contribution in [1.29, 1.82) is 0 Å². The molecule has 5 N–H and O–H groups in total. The minimum atomic E-state index is -0.728. The van der Waals surface area contributed by atoms with Crippen molar-refractivity contribution in [2.24, 2.45) is 11.5 Å². The SMILES string of the molecule is CC(C)(c1ccc(-c2cc(C(N)=O)c(NC(N)=O)s2)cc1)N1CCOCC1. The van der Waals surface area contributed by atoms with Crippen LogP contribution in [0.2, 0.25) is 0 Å².